The lowest BCUT2D eigenvalue weighted by Crippen LogP contribution is -2.37. The van der Waals surface area contributed by atoms with Crippen molar-refractivity contribution in [2.45, 2.75) is 25.7 Å². The highest BCUT2D eigenvalue weighted by Crippen LogP contribution is 2.46. The molecule has 4 heterocycles. The van der Waals surface area contributed by atoms with E-state index >= 15 is 0 Å². The fourth-order valence-corrected chi connectivity index (χ4v) is 4.62. The summed E-state index contributed by atoms with van der Waals surface area (Å²) in [6.45, 7) is 10.5. The van der Waals surface area contributed by atoms with Gasteiger partial charge in [0.05, 0.1) is 22.8 Å². The van der Waals surface area contributed by atoms with Gasteiger partial charge in [0.1, 0.15) is 17.8 Å². The predicted molar refractivity (Wildman–Crippen MR) is 125 cm³/mol. The summed E-state index contributed by atoms with van der Waals surface area (Å²) in [4.78, 5) is 23.2. The number of hydrogen-bond acceptors (Lipinski definition) is 5. The highest BCUT2D eigenvalue weighted by Gasteiger charge is 2.39. The number of carbonyl (C=O) groups excluding carboxylic acids is 1. The molecule has 7 nitrogen and oxygen atoms in total. The molecule has 0 bridgehead atoms. The van der Waals surface area contributed by atoms with Crippen LogP contribution in [0.15, 0.2) is 60.8 Å². The van der Waals surface area contributed by atoms with E-state index in [2.05, 4.69) is 39.1 Å². The van der Waals surface area contributed by atoms with Crippen molar-refractivity contribution in [2.24, 2.45) is 10.7 Å². The summed E-state index contributed by atoms with van der Waals surface area (Å²) >= 11 is 0. The molecule has 0 spiro atoms. The molecule has 7 heteroatoms. The Kier molecular flexibility index (Phi) is 4.22. The van der Waals surface area contributed by atoms with Crippen LogP contribution in [0.2, 0.25) is 0 Å². The highest BCUT2D eigenvalue weighted by molar-refractivity contribution is 6.12. The summed E-state index contributed by atoms with van der Waals surface area (Å²) in [6, 6.07) is 9.95. The average Bonchev–Trinajstić information content (AvgIpc) is 3.27. The van der Waals surface area contributed by atoms with Gasteiger partial charge in [0.2, 0.25) is 5.91 Å². The molecule has 1 amide bonds. The number of aromatic nitrogens is 2. The van der Waals surface area contributed by atoms with Crippen molar-refractivity contribution >= 4 is 34.0 Å². The summed E-state index contributed by atoms with van der Waals surface area (Å²) < 4.78 is 2.16. The monoisotopic (exact) mass is 412 g/mol. The average molecular weight is 412 g/mol. The SMILES string of the molecule is C=CC(=O)N(C)[C@@H]1Cn2c3c(c(-c4cnc5ccccc5c4)c2C1=C)C(N)=NC(C)N3. The third-order valence-electron chi connectivity index (χ3n) is 6.13. The zero-order valence-electron chi connectivity index (χ0n) is 17.6. The van der Waals surface area contributed by atoms with Crippen molar-refractivity contribution in [3.8, 4) is 11.1 Å². The zero-order valence-corrected chi connectivity index (χ0v) is 17.6. The number of nitrogens with one attached hydrogen (secondary N) is 1. The molecule has 1 unspecified atom stereocenters. The number of rotatable bonds is 3. The van der Waals surface area contributed by atoms with Gasteiger partial charge < -0.3 is 20.5 Å². The minimum absolute atomic E-state index is 0.137. The second-order valence-corrected chi connectivity index (χ2v) is 8.00. The molecule has 0 saturated heterocycles. The number of nitrogens with two attached hydrogens (primary N) is 1. The van der Waals surface area contributed by atoms with Crippen molar-refractivity contribution in [3.63, 3.8) is 0 Å². The van der Waals surface area contributed by atoms with Gasteiger partial charge in [-0.25, -0.2) is 4.99 Å². The summed E-state index contributed by atoms with van der Waals surface area (Å²) in [7, 11) is 1.78. The zero-order chi connectivity index (χ0) is 21.9. The molecule has 5 rings (SSSR count). The summed E-state index contributed by atoms with van der Waals surface area (Å²) in [5, 5.41) is 4.49. The van der Waals surface area contributed by atoms with Crippen LogP contribution in [0.5, 0.6) is 0 Å². The van der Waals surface area contributed by atoms with Crippen LogP contribution >= 0.6 is 0 Å². The predicted octanol–water partition coefficient (Wildman–Crippen LogP) is 3.22. The molecule has 2 aliphatic rings. The maximum atomic E-state index is 12.3. The Morgan fingerprint density at radius 3 is 2.90 bits per heavy atom. The number of amidine groups is 1. The minimum Gasteiger partial charge on any atom is -0.383 e. The van der Waals surface area contributed by atoms with Gasteiger partial charge in [-0.3, -0.25) is 9.78 Å². The van der Waals surface area contributed by atoms with Gasteiger partial charge in [-0.1, -0.05) is 31.4 Å². The van der Waals surface area contributed by atoms with Crippen LogP contribution in [0.25, 0.3) is 27.6 Å². The molecule has 156 valence electrons. The number of benzene rings is 1. The number of nitrogens with zero attached hydrogens (tertiary/aromatic N) is 4. The Hall–Kier alpha value is -3.87. The van der Waals surface area contributed by atoms with Crippen LogP contribution in [0.1, 0.15) is 18.2 Å². The summed E-state index contributed by atoms with van der Waals surface area (Å²) in [5.74, 6) is 1.26. The van der Waals surface area contributed by atoms with E-state index in [-0.39, 0.29) is 18.1 Å². The number of fused-ring (bicyclic) bond motifs is 4. The van der Waals surface area contributed by atoms with E-state index in [1.807, 2.05) is 37.4 Å². The van der Waals surface area contributed by atoms with E-state index in [4.69, 9.17) is 5.73 Å². The number of anilines is 1. The maximum Gasteiger partial charge on any atom is 0.246 e. The molecule has 3 aromatic rings. The topological polar surface area (TPSA) is 88.5 Å². The summed E-state index contributed by atoms with van der Waals surface area (Å²) in [5.41, 5.74) is 11.9. The Morgan fingerprint density at radius 2 is 2.13 bits per heavy atom. The Balaban J connectivity index is 1.74. The van der Waals surface area contributed by atoms with Gasteiger partial charge in [0.25, 0.3) is 0 Å². The molecule has 0 saturated carbocycles. The van der Waals surface area contributed by atoms with Crippen molar-refractivity contribution in [1.29, 1.82) is 0 Å². The van der Waals surface area contributed by atoms with E-state index in [9.17, 15) is 4.79 Å². The van der Waals surface area contributed by atoms with Gasteiger partial charge >= 0.3 is 0 Å². The Morgan fingerprint density at radius 1 is 1.35 bits per heavy atom. The van der Waals surface area contributed by atoms with E-state index in [0.29, 0.717) is 12.4 Å². The molecule has 1 aromatic carbocycles. The number of para-hydroxylation sites is 1. The van der Waals surface area contributed by atoms with Gasteiger partial charge in [0, 0.05) is 36.3 Å². The number of aliphatic imine (C=N–C) groups is 1. The fraction of sp³-hybridized carbons (Fsp3) is 0.208. The first-order valence-corrected chi connectivity index (χ1v) is 10.2. The van der Waals surface area contributed by atoms with E-state index in [0.717, 1.165) is 44.7 Å². The van der Waals surface area contributed by atoms with Gasteiger partial charge in [0.15, 0.2) is 0 Å². The number of pyridine rings is 1. The number of amides is 1. The molecule has 2 aliphatic heterocycles. The number of likely N-dealkylation sites (N-methyl/N-ethyl adjacent to an activating group) is 1. The van der Waals surface area contributed by atoms with Gasteiger partial charge in [-0.05, 0) is 30.7 Å². The van der Waals surface area contributed by atoms with Crippen LogP contribution in [-0.2, 0) is 11.3 Å². The highest BCUT2D eigenvalue weighted by atomic mass is 16.2. The first kappa shape index (κ1) is 19.1. The molecular weight excluding hydrogens is 388 g/mol. The molecule has 3 N–H and O–H groups in total. The lowest BCUT2D eigenvalue weighted by atomic mass is 9.95. The number of carbonyl (C=O) groups is 1. The van der Waals surface area contributed by atoms with E-state index < -0.39 is 0 Å². The van der Waals surface area contributed by atoms with Crippen molar-refractivity contribution in [2.75, 3.05) is 12.4 Å². The quantitative estimate of drug-likeness (QED) is 0.647. The van der Waals surface area contributed by atoms with Crippen molar-refractivity contribution in [3.05, 3.63) is 67.0 Å². The second-order valence-electron chi connectivity index (χ2n) is 8.00. The molecule has 0 radical (unpaired) electrons. The molecule has 2 atom stereocenters. The third-order valence-corrected chi connectivity index (χ3v) is 6.13. The molecule has 31 heavy (non-hydrogen) atoms. The first-order chi connectivity index (χ1) is 14.9. The van der Waals surface area contributed by atoms with Gasteiger partial charge in [-0.2, -0.15) is 0 Å². The van der Waals surface area contributed by atoms with E-state index in [1.165, 1.54) is 6.08 Å². The normalized spacial score (nSPS) is 19.4. The van der Waals surface area contributed by atoms with Crippen LogP contribution in [0, 0.1) is 0 Å². The molecular formula is C24H24N6O. The van der Waals surface area contributed by atoms with Crippen LogP contribution < -0.4 is 11.1 Å². The first-order valence-electron chi connectivity index (χ1n) is 10.2. The smallest absolute Gasteiger partial charge is 0.246 e. The molecule has 2 aromatic heterocycles. The van der Waals surface area contributed by atoms with Crippen LogP contribution in [-0.4, -0.2) is 45.4 Å². The van der Waals surface area contributed by atoms with Crippen molar-refractivity contribution < 1.29 is 4.79 Å². The van der Waals surface area contributed by atoms with Crippen molar-refractivity contribution in [1.82, 2.24) is 14.5 Å². The third kappa shape index (κ3) is 2.77. The number of hydrogen-bond donors (Lipinski definition) is 2. The standard InChI is InChI=1S/C24H24N6O/c1-5-19(31)29(4)18-12-30-22(13(18)2)20(21-23(25)27-14(3)28-24(21)30)16-10-15-8-6-7-9-17(15)26-11-16/h5-11,14,18,28H,1-2,12H2,3-4H3,(H2,25,27)/t14?,18-/m1/s1. The Labute approximate surface area is 180 Å². The molecule has 0 fully saturated rings. The second kappa shape index (κ2) is 6.84. The van der Waals surface area contributed by atoms with E-state index in [1.54, 1.807) is 11.9 Å². The largest absolute Gasteiger partial charge is 0.383 e. The lowest BCUT2D eigenvalue weighted by molar-refractivity contribution is -0.125. The maximum absolute atomic E-state index is 12.3. The minimum atomic E-state index is -0.171. The Bertz CT molecular complexity index is 1300. The van der Waals surface area contributed by atoms with Crippen LogP contribution in [0.3, 0.4) is 0 Å². The lowest BCUT2D eigenvalue weighted by Gasteiger charge is -2.26. The fourth-order valence-electron chi connectivity index (χ4n) is 4.62. The summed E-state index contributed by atoms with van der Waals surface area (Å²) in [6.07, 6.45) is 3.05. The molecule has 0 aliphatic carbocycles. The van der Waals surface area contributed by atoms with Gasteiger partial charge in [-0.15, -0.1) is 0 Å². The van der Waals surface area contributed by atoms with Crippen LogP contribution in [0.4, 0.5) is 5.82 Å².